The lowest BCUT2D eigenvalue weighted by atomic mass is 9.83. The van der Waals surface area contributed by atoms with E-state index in [1.807, 2.05) is 12.1 Å². The molecule has 2 rings (SSSR count). The third kappa shape index (κ3) is 3.01. The van der Waals surface area contributed by atoms with Gasteiger partial charge in [0.25, 0.3) is 0 Å². The maximum Gasteiger partial charge on any atom is 0.335 e. The summed E-state index contributed by atoms with van der Waals surface area (Å²) in [5.74, 6) is -0.486. The lowest BCUT2D eigenvalue weighted by Crippen LogP contribution is -2.15. The number of aromatic nitrogens is 1. The van der Waals surface area contributed by atoms with E-state index in [-0.39, 0.29) is 5.41 Å². The molecule has 0 saturated carbocycles. The topological polar surface area (TPSA) is 42.2 Å². The number of aromatic carboxylic acids is 1. The molecule has 0 atom stereocenters. The lowest BCUT2D eigenvalue weighted by molar-refractivity contribution is 0.0697. The van der Waals surface area contributed by atoms with Crippen LogP contribution in [-0.2, 0) is 12.0 Å². The Hall–Kier alpha value is -1.77. The number of carboxylic acid groups (broad SMARTS) is 1. The van der Waals surface area contributed by atoms with Gasteiger partial charge in [-0.2, -0.15) is 0 Å². The highest BCUT2D eigenvalue weighted by Crippen LogP contribution is 2.38. The van der Waals surface area contributed by atoms with Crippen molar-refractivity contribution in [3.8, 4) is 0 Å². The van der Waals surface area contributed by atoms with Gasteiger partial charge in [-0.15, -0.1) is 0 Å². The van der Waals surface area contributed by atoms with Crippen molar-refractivity contribution >= 4 is 16.9 Å². The van der Waals surface area contributed by atoms with Crippen molar-refractivity contribution in [2.75, 3.05) is 0 Å². The number of aryl methyl sites for hydroxylation is 1. The molecule has 23 heavy (non-hydrogen) atoms. The predicted octanol–water partition coefficient (Wildman–Crippen LogP) is 5.48. The Kier molecular flexibility index (Phi) is 4.61. The molecular weight excluding hydrogens is 286 g/mol. The molecule has 1 N–H and O–H groups in total. The number of hydrogen-bond acceptors (Lipinski definition) is 1. The van der Waals surface area contributed by atoms with Crippen LogP contribution < -0.4 is 0 Å². The van der Waals surface area contributed by atoms with Crippen molar-refractivity contribution in [3.05, 3.63) is 34.5 Å². The zero-order chi connectivity index (χ0) is 17.5. The van der Waals surface area contributed by atoms with Gasteiger partial charge in [0.1, 0.15) is 0 Å². The Bertz CT molecular complexity index is 745. The number of rotatable bonds is 4. The molecule has 0 fully saturated rings. The summed E-state index contributed by atoms with van der Waals surface area (Å²) in [7, 11) is 0. The molecule has 0 amide bonds. The van der Waals surface area contributed by atoms with Crippen molar-refractivity contribution < 1.29 is 9.90 Å². The summed E-state index contributed by atoms with van der Waals surface area (Å²) in [4.78, 5) is 11.6. The van der Waals surface area contributed by atoms with Crippen LogP contribution in [0.1, 0.15) is 81.1 Å². The quantitative estimate of drug-likeness (QED) is 0.812. The van der Waals surface area contributed by atoms with E-state index in [2.05, 4.69) is 53.0 Å². The third-order valence-electron chi connectivity index (χ3n) is 4.54. The Morgan fingerprint density at radius 3 is 2.30 bits per heavy atom. The van der Waals surface area contributed by atoms with Gasteiger partial charge in [-0.25, -0.2) is 4.79 Å². The van der Waals surface area contributed by atoms with Gasteiger partial charge in [-0.3, -0.25) is 0 Å². The monoisotopic (exact) mass is 315 g/mol. The summed E-state index contributed by atoms with van der Waals surface area (Å²) in [6.07, 6.45) is 1.06. The molecular formula is C20H29NO2. The van der Waals surface area contributed by atoms with Crippen LogP contribution in [-0.4, -0.2) is 15.6 Å². The maximum atomic E-state index is 11.6. The largest absolute Gasteiger partial charge is 0.478 e. The minimum absolute atomic E-state index is 0.103. The van der Waals surface area contributed by atoms with Crippen LogP contribution in [0.2, 0.25) is 0 Å². The van der Waals surface area contributed by atoms with E-state index in [1.54, 1.807) is 0 Å². The second kappa shape index (κ2) is 6.03. The molecule has 0 bridgehead atoms. The molecule has 1 aromatic heterocycles. The van der Waals surface area contributed by atoms with Gasteiger partial charge in [0, 0.05) is 17.6 Å². The van der Waals surface area contributed by atoms with Gasteiger partial charge >= 0.3 is 5.97 Å². The van der Waals surface area contributed by atoms with Crippen LogP contribution in [0.3, 0.4) is 0 Å². The Labute approximate surface area is 139 Å². The number of nitrogens with zero attached hydrogens (tertiary/aromatic N) is 1. The average molecular weight is 315 g/mol. The predicted molar refractivity (Wildman–Crippen MR) is 96.7 cm³/mol. The zero-order valence-electron chi connectivity index (χ0n) is 15.4. The molecule has 2 aromatic rings. The number of hydrogen-bond donors (Lipinski definition) is 1. The van der Waals surface area contributed by atoms with E-state index in [0.717, 1.165) is 23.9 Å². The number of benzene rings is 1. The Morgan fingerprint density at radius 2 is 1.87 bits per heavy atom. The Morgan fingerprint density at radius 1 is 1.26 bits per heavy atom. The van der Waals surface area contributed by atoms with Crippen molar-refractivity contribution in [1.82, 2.24) is 4.57 Å². The highest BCUT2D eigenvalue weighted by molar-refractivity contribution is 5.98. The zero-order valence-corrected chi connectivity index (χ0v) is 15.4. The summed E-state index contributed by atoms with van der Waals surface area (Å²) in [6, 6.07) is 3.72. The van der Waals surface area contributed by atoms with E-state index in [9.17, 15) is 9.90 Å². The van der Waals surface area contributed by atoms with Gasteiger partial charge in [-0.05, 0) is 47.9 Å². The van der Waals surface area contributed by atoms with Crippen molar-refractivity contribution in [1.29, 1.82) is 0 Å². The van der Waals surface area contributed by atoms with Gasteiger partial charge in [-0.1, -0.05) is 41.5 Å². The third-order valence-corrected chi connectivity index (χ3v) is 4.54. The van der Waals surface area contributed by atoms with Crippen LogP contribution in [0.25, 0.3) is 10.9 Å². The van der Waals surface area contributed by atoms with E-state index < -0.39 is 5.97 Å². The van der Waals surface area contributed by atoms with Crippen molar-refractivity contribution in [2.45, 2.75) is 72.8 Å². The SMILES string of the molecule is CCCn1c(C)c(C(C)C)c2cc(C(=O)O)cc(C(C)(C)C)c21. The van der Waals surface area contributed by atoms with E-state index in [0.29, 0.717) is 11.5 Å². The first-order chi connectivity index (χ1) is 10.6. The lowest BCUT2D eigenvalue weighted by Gasteiger charge is -2.23. The average Bonchev–Trinajstić information content (AvgIpc) is 2.69. The number of fused-ring (bicyclic) bond motifs is 1. The first-order valence-corrected chi connectivity index (χ1v) is 8.50. The smallest absolute Gasteiger partial charge is 0.335 e. The second-order valence-electron chi connectivity index (χ2n) is 7.78. The van der Waals surface area contributed by atoms with Gasteiger partial charge < -0.3 is 9.67 Å². The fourth-order valence-electron chi connectivity index (χ4n) is 3.57. The summed E-state index contributed by atoms with van der Waals surface area (Å²) in [6.45, 7) is 16.1. The molecule has 1 heterocycles. The van der Waals surface area contributed by atoms with Gasteiger partial charge in [0.15, 0.2) is 0 Å². The fourth-order valence-corrected chi connectivity index (χ4v) is 3.57. The summed E-state index contributed by atoms with van der Waals surface area (Å²) >= 11 is 0. The summed E-state index contributed by atoms with van der Waals surface area (Å²) in [5, 5.41) is 10.6. The molecule has 0 saturated heterocycles. The van der Waals surface area contributed by atoms with Crippen LogP contribution >= 0.6 is 0 Å². The summed E-state index contributed by atoms with van der Waals surface area (Å²) in [5.41, 5.74) is 5.17. The molecule has 0 radical (unpaired) electrons. The second-order valence-corrected chi connectivity index (χ2v) is 7.78. The van der Waals surface area contributed by atoms with E-state index >= 15 is 0 Å². The molecule has 1 aromatic carbocycles. The van der Waals surface area contributed by atoms with Crippen LogP contribution in [0.4, 0.5) is 0 Å². The van der Waals surface area contributed by atoms with Crippen molar-refractivity contribution in [3.63, 3.8) is 0 Å². The van der Waals surface area contributed by atoms with E-state index in [1.165, 1.54) is 16.8 Å². The highest BCUT2D eigenvalue weighted by atomic mass is 16.4. The van der Waals surface area contributed by atoms with E-state index in [4.69, 9.17) is 0 Å². The first-order valence-electron chi connectivity index (χ1n) is 8.50. The first kappa shape index (κ1) is 17.6. The van der Waals surface area contributed by atoms with Gasteiger partial charge in [0.2, 0.25) is 0 Å². The van der Waals surface area contributed by atoms with Crippen LogP contribution in [0.5, 0.6) is 0 Å². The summed E-state index contributed by atoms with van der Waals surface area (Å²) < 4.78 is 2.39. The molecule has 0 aliphatic carbocycles. The Balaban J connectivity index is 3.02. The molecule has 0 unspecified atom stereocenters. The number of carbonyl (C=O) groups is 1. The molecule has 3 heteroatoms. The molecule has 0 aliphatic rings. The van der Waals surface area contributed by atoms with Crippen LogP contribution in [0.15, 0.2) is 12.1 Å². The normalized spacial score (nSPS) is 12.3. The fraction of sp³-hybridized carbons (Fsp3) is 0.550. The van der Waals surface area contributed by atoms with Crippen molar-refractivity contribution in [2.24, 2.45) is 0 Å². The molecule has 0 aliphatic heterocycles. The molecule has 0 spiro atoms. The maximum absolute atomic E-state index is 11.6. The standard InChI is InChI=1S/C20H29NO2/c1-8-9-21-13(4)17(12(2)3)15-10-14(19(22)23)11-16(18(15)21)20(5,6)7/h10-12H,8-9H2,1-7H3,(H,22,23). The molecule has 126 valence electrons. The minimum atomic E-state index is -0.854. The highest BCUT2D eigenvalue weighted by Gasteiger charge is 2.26. The minimum Gasteiger partial charge on any atom is -0.478 e. The van der Waals surface area contributed by atoms with Gasteiger partial charge in [0.05, 0.1) is 11.1 Å². The molecule has 3 nitrogen and oxygen atoms in total. The number of carboxylic acids is 1. The van der Waals surface area contributed by atoms with Crippen LogP contribution in [0, 0.1) is 6.92 Å².